The summed E-state index contributed by atoms with van der Waals surface area (Å²) in [6.45, 7) is 9.98. The maximum atomic E-state index is 6.07. The first-order valence-electron chi connectivity index (χ1n) is 12.6. The summed E-state index contributed by atoms with van der Waals surface area (Å²) in [7, 11) is 1.51. The van der Waals surface area contributed by atoms with Crippen LogP contribution in [0, 0.1) is 13.8 Å². The second-order valence-corrected chi connectivity index (χ2v) is 8.55. The summed E-state index contributed by atoms with van der Waals surface area (Å²) < 4.78 is 17.5. The highest BCUT2D eigenvalue weighted by molar-refractivity contribution is 5.96. The van der Waals surface area contributed by atoms with Crippen LogP contribution in [0.1, 0.15) is 75.6 Å². The molecule has 0 radical (unpaired) electrons. The molecule has 0 fully saturated rings. The van der Waals surface area contributed by atoms with E-state index in [-0.39, 0.29) is 0 Å². The van der Waals surface area contributed by atoms with Gasteiger partial charge in [-0.05, 0) is 69.9 Å². The molecule has 0 bridgehead atoms. The highest BCUT2D eigenvalue weighted by atomic mass is 16.6. The summed E-state index contributed by atoms with van der Waals surface area (Å²) in [6, 6.07) is 7.75. The minimum atomic E-state index is 0.542. The Morgan fingerprint density at radius 3 is 2.06 bits per heavy atom. The van der Waals surface area contributed by atoms with Gasteiger partial charge < -0.3 is 19.0 Å². The second kappa shape index (κ2) is 16.5. The van der Waals surface area contributed by atoms with Gasteiger partial charge in [-0.15, -0.1) is 10.2 Å². The topological polar surface area (TPSA) is 75.1 Å². The number of ether oxygens (including phenoxy) is 3. The number of aryl methyl sites for hydroxylation is 2. The minimum Gasteiger partial charge on any atom is -0.493 e. The lowest BCUT2D eigenvalue weighted by molar-refractivity contribution is 0.213. The van der Waals surface area contributed by atoms with Gasteiger partial charge in [0, 0.05) is 6.07 Å². The quantitative estimate of drug-likeness (QED) is 0.109. The van der Waals surface area contributed by atoms with E-state index in [1.54, 1.807) is 0 Å². The zero-order chi connectivity index (χ0) is 25.3. The fraction of sp³-hybridized carbons (Fsp3) is 0.536. The lowest BCUT2D eigenvalue weighted by Gasteiger charge is -2.14. The third-order valence-electron chi connectivity index (χ3n) is 5.54. The SMILES string of the molecule is C/C=C/COc1cc(C)c(OCCCCCCCCCOc2ccc(/C(C)=N/OC)nn2)c(C)c1. The Bertz CT molecular complexity index is 903. The Labute approximate surface area is 210 Å². The van der Waals surface area contributed by atoms with E-state index in [9.17, 15) is 0 Å². The number of hydrogen-bond donors (Lipinski definition) is 0. The lowest BCUT2D eigenvalue weighted by Crippen LogP contribution is -2.04. The van der Waals surface area contributed by atoms with E-state index in [0.717, 1.165) is 48.5 Å². The zero-order valence-electron chi connectivity index (χ0n) is 22.0. The van der Waals surface area contributed by atoms with E-state index in [2.05, 4.69) is 41.3 Å². The molecule has 1 aromatic heterocycles. The van der Waals surface area contributed by atoms with E-state index < -0.39 is 0 Å². The predicted molar refractivity (Wildman–Crippen MR) is 141 cm³/mol. The van der Waals surface area contributed by atoms with Gasteiger partial charge in [0.2, 0.25) is 5.88 Å². The van der Waals surface area contributed by atoms with Crippen LogP contribution in [-0.4, -0.2) is 42.8 Å². The number of aromatic nitrogens is 2. The van der Waals surface area contributed by atoms with E-state index in [0.29, 0.717) is 30.5 Å². The normalized spacial score (nSPS) is 11.6. The summed E-state index contributed by atoms with van der Waals surface area (Å²) in [4.78, 5) is 4.75. The first kappa shape index (κ1) is 28.1. The Morgan fingerprint density at radius 2 is 1.49 bits per heavy atom. The molecule has 0 aliphatic rings. The standard InChI is InChI=1S/C28H41N3O4/c1-6-7-17-33-25-20-22(2)28(23(3)21-25)35-19-14-12-10-8-9-11-13-18-34-27-16-15-26(29-30-27)24(4)31-32-5/h6-7,15-16,20-21H,8-14,17-19H2,1-5H3/b7-6+,31-24+. The number of allylic oxidation sites excluding steroid dienone is 1. The van der Waals surface area contributed by atoms with Gasteiger partial charge in [0.15, 0.2) is 0 Å². The molecule has 7 heteroatoms. The molecule has 35 heavy (non-hydrogen) atoms. The van der Waals surface area contributed by atoms with Crippen LogP contribution in [-0.2, 0) is 4.84 Å². The van der Waals surface area contributed by atoms with Crippen LogP contribution in [0.15, 0.2) is 41.6 Å². The molecular formula is C28H41N3O4. The van der Waals surface area contributed by atoms with Crippen molar-refractivity contribution in [3.8, 4) is 17.4 Å². The fourth-order valence-corrected chi connectivity index (χ4v) is 3.67. The largest absolute Gasteiger partial charge is 0.493 e. The smallest absolute Gasteiger partial charge is 0.233 e. The molecule has 2 aromatic rings. The summed E-state index contributed by atoms with van der Waals surface area (Å²) in [5.41, 5.74) is 3.61. The molecule has 0 atom stereocenters. The Kier molecular flexibility index (Phi) is 13.3. The van der Waals surface area contributed by atoms with E-state index in [1.807, 2.05) is 38.1 Å². The van der Waals surface area contributed by atoms with Crippen LogP contribution in [0.3, 0.4) is 0 Å². The van der Waals surface area contributed by atoms with Gasteiger partial charge in [0.25, 0.3) is 0 Å². The molecule has 0 unspecified atom stereocenters. The van der Waals surface area contributed by atoms with Gasteiger partial charge >= 0.3 is 0 Å². The first-order chi connectivity index (χ1) is 17.0. The average molecular weight is 484 g/mol. The van der Waals surface area contributed by atoms with Crippen LogP contribution >= 0.6 is 0 Å². The van der Waals surface area contributed by atoms with Crippen LogP contribution in [0.4, 0.5) is 0 Å². The van der Waals surface area contributed by atoms with Crippen molar-refractivity contribution in [1.82, 2.24) is 10.2 Å². The monoisotopic (exact) mass is 483 g/mol. The molecule has 7 nitrogen and oxygen atoms in total. The molecule has 0 spiro atoms. The Hall–Kier alpha value is -3.09. The van der Waals surface area contributed by atoms with E-state index in [4.69, 9.17) is 19.0 Å². The molecule has 0 aliphatic carbocycles. The van der Waals surface area contributed by atoms with Crippen LogP contribution in [0.5, 0.6) is 17.4 Å². The van der Waals surface area contributed by atoms with Crippen molar-refractivity contribution in [2.24, 2.45) is 5.16 Å². The molecule has 1 aromatic carbocycles. The van der Waals surface area contributed by atoms with Crippen molar-refractivity contribution in [3.63, 3.8) is 0 Å². The summed E-state index contributed by atoms with van der Waals surface area (Å²) in [6.07, 6.45) is 12.1. The fourth-order valence-electron chi connectivity index (χ4n) is 3.67. The predicted octanol–water partition coefficient (Wildman–Crippen LogP) is 6.61. The molecular weight excluding hydrogens is 442 g/mol. The van der Waals surface area contributed by atoms with Crippen LogP contribution in [0.2, 0.25) is 0 Å². The van der Waals surface area contributed by atoms with Crippen molar-refractivity contribution >= 4 is 5.71 Å². The molecule has 2 rings (SSSR count). The van der Waals surface area contributed by atoms with Crippen molar-refractivity contribution in [1.29, 1.82) is 0 Å². The number of rotatable bonds is 17. The molecule has 0 N–H and O–H groups in total. The summed E-state index contributed by atoms with van der Waals surface area (Å²) in [5, 5.41) is 12.0. The number of hydrogen-bond acceptors (Lipinski definition) is 7. The second-order valence-electron chi connectivity index (χ2n) is 8.55. The molecule has 1 heterocycles. The maximum Gasteiger partial charge on any atom is 0.233 e. The zero-order valence-corrected chi connectivity index (χ0v) is 22.0. The molecule has 0 saturated heterocycles. The van der Waals surface area contributed by atoms with Crippen molar-refractivity contribution in [3.05, 3.63) is 53.2 Å². The van der Waals surface area contributed by atoms with Crippen molar-refractivity contribution in [2.45, 2.75) is 72.6 Å². The van der Waals surface area contributed by atoms with E-state index >= 15 is 0 Å². The van der Waals surface area contributed by atoms with Gasteiger partial charge in [-0.1, -0.05) is 49.4 Å². The van der Waals surface area contributed by atoms with Gasteiger partial charge in [0.1, 0.15) is 36.6 Å². The van der Waals surface area contributed by atoms with Gasteiger partial charge in [-0.25, -0.2) is 0 Å². The van der Waals surface area contributed by atoms with Gasteiger partial charge in [-0.3, -0.25) is 0 Å². The number of benzene rings is 1. The van der Waals surface area contributed by atoms with Gasteiger partial charge in [0.05, 0.1) is 13.2 Å². The average Bonchev–Trinajstić information content (AvgIpc) is 2.84. The Balaban J connectivity index is 1.51. The van der Waals surface area contributed by atoms with Crippen molar-refractivity contribution in [2.75, 3.05) is 26.9 Å². The number of unbranched alkanes of at least 4 members (excludes halogenated alkanes) is 6. The lowest BCUT2D eigenvalue weighted by atomic mass is 10.1. The molecule has 0 saturated carbocycles. The minimum absolute atomic E-state index is 0.542. The number of nitrogens with zero attached hydrogens (tertiary/aromatic N) is 3. The summed E-state index contributed by atoms with van der Waals surface area (Å²) >= 11 is 0. The highest BCUT2D eigenvalue weighted by Crippen LogP contribution is 2.28. The van der Waals surface area contributed by atoms with Crippen LogP contribution in [0.25, 0.3) is 0 Å². The van der Waals surface area contributed by atoms with Crippen molar-refractivity contribution < 1.29 is 19.0 Å². The first-order valence-corrected chi connectivity index (χ1v) is 12.6. The van der Waals surface area contributed by atoms with Gasteiger partial charge in [-0.2, -0.15) is 0 Å². The van der Waals surface area contributed by atoms with E-state index in [1.165, 1.54) is 32.8 Å². The highest BCUT2D eigenvalue weighted by Gasteiger charge is 2.07. The third-order valence-corrected chi connectivity index (χ3v) is 5.54. The molecule has 0 aliphatic heterocycles. The Morgan fingerprint density at radius 1 is 0.857 bits per heavy atom. The molecule has 192 valence electrons. The molecule has 0 amide bonds. The third kappa shape index (κ3) is 10.8. The number of oxime groups is 1. The van der Waals surface area contributed by atoms with Crippen LogP contribution < -0.4 is 14.2 Å². The summed E-state index contributed by atoms with van der Waals surface area (Å²) in [5.74, 6) is 2.42. The maximum absolute atomic E-state index is 6.07.